The van der Waals surface area contributed by atoms with Crippen LogP contribution in [0, 0.1) is 12.8 Å². The molecule has 3 aromatic heterocycles. The van der Waals surface area contributed by atoms with Crippen molar-refractivity contribution in [2.24, 2.45) is 5.92 Å². The third-order valence-corrected chi connectivity index (χ3v) is 7.13. The summed E-state index contributed by atoms with van der Waals surface area (Å²) in [5.41, 5.74) is 2.62. The number of aliphatic hydroxyl groups excluding tert-OH is 1. The highest BCUT2D eigenvalue weighted by molar-refractivity contribution is 7.09. The van der Waals surface area contributed by atoms with Gasteiger partial charge in [-0.25, -0.2) is 9.97 Å². The molecule has 0 unspecified atom stereocenters. The third-order valence-electron chi connectivity index (χ3n) is 5.85. The second-order valence-electron chi connectivity index (χ2n) is 9.26. The largest absolute Gasteiger partial charge is 0.391 e. The number of aliphatic hydroxyl groups is 1. The first-order chi connectivity index (χ1) is 14.7. The van der Waals surface area contributed by atoms with E-state index >= 15 is 0 Å². The Morgan fingerprint density at radius 2 is 2.16 bits per heavy atom. The van der Waals surface area contributed by atoms with Gasteiger partial charge in [0.05, 0.1) is 17.8 Å². The van der Waals surface area contributed by atoms with Crippen LogP contribution in [0.3, 0.4) is 0 Å². The van der Waals surface area contributed by atoms with E-state index in [0.717, 1.165) is 46.5 Å². The summed E-state index contributed by atoms with van der Waals surface area (Å²) in [6.07, 6.45) is 2.51. The third kappa shape index (κ3) is 4.68. The predicted octanol–water partition coefficient (Wildman–Crippen LogP) is 3.35. The van der Waals surface area contributed by atoms with Gasteiger partial charge >= 0.3 is 0 Å². The van der Waals surface area contributed by atoms with E-state index in [0.29, 0.717) is 19.0 Å². The van der Waals surface area contributed by atoms with E-state index in [2.05, 4.69) is 59.1 Å². The first-order valence-electron chi connectivity index (χ1n) is 11.0. The van der Waals surface area contributed by atoms with Gasteiger partial charge in [0.1, 0.15) is 16.6 Å². The lowest BCUT2D eigenvalue weighted by atomic mass is 9.95. The number of β-amino-alcohol motifs (C(OH)–C–C–N with tert-alkyl or cyclic N) is 1. The van der Waals surface area contributed by atoms with Gasteiger partial charge in [-0.15, -0.1) is 11.3 Å². The van der Waals surface area contributed by atoms with Crippen molar-refractivity contribution in [1.82, 2.24) is 24.9 Å². The number of anilines is 2. The Morgan fingerprint density at radius 1 is 1.35 bits per heavy atom. The Bertz CT molecular complexity index is 1040. The van der Waals surface area contributed by atoms with E-state index in [1.807, 2.05) is 23.7 Å². The van der Waals surface area contributed by atoms with Gasteiger partial charge in [-0.3, -0.25) is 0 Å². The molecule has 1 fully saturated rings. The summed E-state index contributed by atoms with van der Waals surface area (Å²) in [6, 6.07) is 2.00. The topological polar surface area (TPSA) is 99.4 Å². The molecule has 0 saturated carbocycles. The molecular formula is C22H33N7OS. The van der Waals surface area contributed by atoms with Crippen molar-refractivity contribution in [2.75, 3.05) is 30.3 Å². The van der Waals surface area contributed by atoms with Crippen LogP contribution < -0.4 is 16.0 Å². The van der Waals surface area contributed by atoms with Crippen molar-refractivity contribution in [1.29, 1.82) is 0 Å². The van der Waals surface area contributed by atoms with Gasteiger partial charge < -0.3 is 21.1 Å². The molecule has 3 aromatic rings. The molecule has 4 heterocycles. The molecule has 1 saturated heterocycles. The molecule has 1 aliphatic rings. The van der Waals surface area contributed by atoms with Gasteiger partial charge in [-0.1, -0.05) is 13.8 Å². The number of fused-ring (bicyclic) bond motifs is 1. The SMILES string of the molecule is Cc1csc(C(C)(C)Nc2cc(NC[C@H]3CCNC[C@@H]3O)nc3c(C(C)C)cnn23)n1. The molecule has 8 nitrogen and oxygen atoms in total. The van der Waals surface area contributed by atoms with Crippen molar-refractivity contribution in [3.05, 3.63) is 33.9 Å². The van der Waals surface area contributed by atoms with Crippen molar-refractivity contribution in [2.45, 2.75) is 58.6 Å². The molecule has 0 aliphatic carbocycles. The minimum atomic E-state index is -0.361. The van der Waals surface area contributed by atoms with E-state index in [1.165, 1.54) is 0 Å². The fraction of sp³-hybridized carbons (Fsp3) is 0.591. The lowest BCUT2D eigenvalue weighted by molar-refractivity contribution is 0.0883. The Balaban J connectivity index is 1.66. The van der Waals surface area contributed by atoms with Gasteiger partial charge in [0.2, 0.25) is 0 Å². The average Bonchev–Trinajstić information content (AvgIpc) is 3.34. The van der Waals surface area contributed by atoms with Crippen molar-refractivity contribution >= 4 is 28.6 Å². The Labute approximate surface area is 187 Å². The van der Waals surface area contributed by atoms with Gasteiger partial charge in [0.15, 0.2) is 5.65 Å². The second-order valence-corrected chi connectivity index (χ2v) is 10.1. The van der Waals surface area contributed by atoms with Crippen molar-refractivity contribution in [3.8, 4) is 0 Å². The van der Waals surface area contributed by atoms with Crippen LogP contribution in [0.2, 0.25) is 0 Å². The summed E-state index contributed by atoms with van der Waals surface area (Å²) in [5.74, 6) is 2.17. The van der Waals surface area contributed by atoms with E-state index in [1.54, 1.807) is 11.3 Å². The molecule has 2 atom stereocenters. The number of piperidine rings is 1. The molecule has 9 heteroatoms. The standard InChI is InChI=1S/C22H33N7OS/c1-13(2)16-10-25-29-19(28-22(4,5)21-26-14(3)12-31-21)8-18(27-20(16)29)24-9-15-6-7-23-11-17(15)30/h8,10,12-13,15,17,23,28,30H,6-7,9,11H2,1-5H3,(H,24,27)/t15-,17+/m1/s1. The van der Waals surface area contributed by atoms with Crippen molar-refractivity contribution in [3.63, 3.8) is 0 Å². The number of aryl methyl sites for hydroxylation is 1. The molecule has 4 rings (SSSR count). The molecule has 0 bridgehead atoms. The summed E-state index contributed by atoms with van der Waals surface area (Å²) >= 11 is 1.66. The summed E-state index contributed by atoms with van der Waals surface area (Å²) in [5, 5.41) is 28.4. The zero-order chi connectivity index (χ0) is 22.2. The van der Waals surface area contributed by atoms with Gasteiger partial charge in [-0.05, 0) is 39.7 Å². The Kier molecular flexibility index (Phi) is 6.18. The molecule has 0 amide bonds. The quantitative estimate of drug-likeness (QED) is 0.444. The smallest absolute Gasteiger partial charge is 0.163 e. The molecule has 168 valence electrons. The van der Waals surface area contributed by atoms with Crippen LogP contribution in [0.25, 0.3) is 5.65 Å². The van der Waals surface area contributed by atoms with Crippen LogP contribution in [0.1, 0.15) is 56.3 Å². The van der Waals surface area contributed by atoms with Crippen LogP contribution in [0.4, 0.5) is 11.6 Å². The number of hydrogen-bond donors (Lipinski definition) is 4. The molecule has 0 radical (unpaired) electrons. The first-order valence-corrected chi connectivity index (χ1v) is 11.8. The van der Waals surface area contributed by atoms with E-state index in [9.17, 15) is 5.11 Å². The number of nitrogens with zero attached hydrogens (tertiary/aromatic N) is 4. The molecule has 4 N–H and O–H groups in total. The van der Waals surface area contributed by atoms with Crippen LogP contribution in [0.15, 0.2) is 17.6 Å². The predicted molar refractivity (Wildman–Crippen MR) is 126 cm³/mol. The van der Waals surface area contributed by atoms with Crippen molar-refractivity contribution < 1.29 is 5.11 Å². The molecule has 1 aliphatic heterocycles. The Hall–Kier alpha value is -2.23. The fourth-order valence-corrected chi connectivity index (χ4v) is 4.83. The van der Waals surface area contributed by atoms with Gasteiger partial charge in [-0.2, -0.15) is 9.61 Å². The first kappa shape index (κ1) is 22.0. The number of nitrogens with one attached hydrogen (secondary N) is 3. The van der Waals surface area contributed by atoms with E-state index < -0.39 is 0 Å². The van der Waals surface area contributed by atoms with Crippen LogP contribution in [0.5, 0.6) is 0 Å². The zero-order valence-electron chi connectivity index (χ0n) is 18.9. The maximum atomic E-state index is 10.3. The van der Waals surface area contributed by atoms with E-state index in [4.69, 9.17) is 4.98 Å². The normalized spacial score (nSPS) is 19.8. The number of hydrogen-bond acceptors (Lipinski definition) is 8. The summed E-state index contributed by atoms with van der Waals surface area (Å²) in [4.78, 5) is 9.55. The monoisotopic (exact) mass is 443 g/mol. The number of aromatic nitrogens is 4. The van der Waals surface area contributed by atoms with Gasteiger partial charge in [0, 0.05) is 41.7 Å². The number of thiazole rings is 1. The van der Waals surface area contributed by atoms with Crippen LogP contribution in [-0.4, -0.2) is 50.4 Å². The van der Waals surface area contributed by atoms with E-state index in [-0.39, 0.29) is 17.6 Å². The average molecular weight is 444 g/mol. The fourth-order valence-electron chi connectivity index (χ4n) is 3.95. The molecule has 31 heavy (non-hydrogen) atoms. The van der Waals surface area contributed by atoms with Gasteiger partial charge in [0.25, 0.3) is 0 Å². The minimum absolute atomic E-state index is 0.208. The maximum Gasteiger partial charge on any atom is 0.163 e. The second kappa shape index (κ2) is 8.72. The highest BCUT2D eigenvalue weighted by Gasteiger charge is 2.27. The van der Waals surface area contributed by atoms with Crippen LogP contribution >= 0.6 is 11.3 Å². The molecule has 0 aromatic carbocycles. The zero-order valence-corrected chi connectivity index (χ0v) is 19.8. The maximum absolute atomic E-state index is 10.3. The lowest BCUT2D eigenvalue weighted by Gasteiger charge is -2.29. The molecule has 0 spiro atoms. The summed E-state index contributed by atoms with van der Waals surface area (Å²) in [7, 11) is 0. The summed E-state index contributed by atoms with van der Waals surface area (Å²) in [6.45, 7) is 12.8. The minimum Gasteiger partial charge on any atom is -0.391 e. The Morgan fingerprint density at radius 3 is 2.84 bits per heavy atom. The number of rotatable bonds is 7. The molecular weight excluding hydrogens is 410 g/mol. The summed E-state index contributed by atoms with van der Waals surface area (Å²) < 4.78 is 1.88. The van der Waals surface area contributed by atoms with Crippen LogP contribution in [-0.2, 0) is 5.54 Å². The highest BCUT2D eigenvalue weighted by Crippen LogP contribution is 2.31. The highest BCUT2D eigenvalue weighted by atomic mass is 32.1. The lowest BCUT2D eigenvalue weighted by Crippen LogP contribution is -2.43.